The molecule has 0 aromatic heterocycles. The first-order valence-electron chi connectivity index (χ1n) is 25.4. The highest BCUT2D eigenvalue weighted by atomic mass is 19.1. The van der Waals surface area contributed by atoms with Gasteiger partial charge in [0.15, 0.2) is 0 Å². The summed E-state index contributed by atoms with van der Waals surface area (Å²) in [5, 5.41) is 13.9. The molecule has 0 bridgehead atoms. The van der Waals surface area contributed by atoms with Crippen LogP contribution >= 0.6 is 0 Å². The van der Waals surface area contributed by atoms with Crippen molar-refractivity contribution >= 4 is 35.4 Å². The van der Waals surface area contributed by atoms with E-state index in [1.54, 1.807) is 31.7 Å². The lowest BCUT2D eigenvalue weighted by Gasteiger charge is -2.22. The molecule has 0 radical (unpaired) electrons. The Morgan fingerprint density at radius 2 is 1.75 bits per heavy atom. The largest absolute Gasteiger partial charge is 0.504 e. The van der Waals surface area contributed by atoms with Gasteiger partial charge in [-0.15, -0.1) is 0 Å². The number of ether oxygens (including phenoxy) is 1. The SMILES string of the molecule is C=C/C=C(\C=C/OC)C1=CC=C(/C2=C\c3cc(/C(=C/CCC(F)CNNCC)NCN)ccc3NCCc3cc(/C(=C/N=C)NCC4CCCN4)cc(F)c32)CC1.CC.CC(C)C(C)CN.CCC. The number of rotatable bonds is 22. The molecule has 1 saturated heterocycles. The quantitative estimate of drug-likeness (QED) is 0.0144. The van der Waals surface area contributed by atoms with E-state index in [1.807, 2.05) is 45.1 Å². The van der Waals surface area contributed by atoms with Crippen LogP contribution in [0.4, 0.5) is 14.5 Å². The zero-order chi connectivity index (χ0) is 51.0. The van der Waals surface area contributed by atoms with Crippen LogP contribution in [0.2, 0.25) is 0 Å². The molecule has 0 amide bonds. The van der Waals surface area contributed by atoms with Gasteiger partial charge in [-0.3, -0.25) is 15.8 Å². The average molecular weight is 954 g/mol. The second kappa shape index (κ2) is 35.1. The molecule has 5 rings (SSSR count). The van der Waals surface area contributed by atoms with Gasteiger partial charge in [-0.05, 0) is 152 Å². The zero-order valence-corrected chi connectivity index (χ0v) is 43.7. The molecule has 0 saturated carbocycles. The molecule has 69 heavy (non-hydrogen) atoms. The molecular formula is C57H89F2N9O. The third kappa shape index (κ3) is 20.8. The van der Waals surface area contributed by atoms with Gasteiger partial charge in [-0.1, -0.05) is 105 Å². The summed E-state index contributed by atoms with van der Waals surface area (Å²) < 4.78 is 36.8. The molecule has 3 atom stereocenters. The van der Waals surface area contributed by atoms with Gasteiger partial charge in [0, 0.05) is 60.9 Å². The number of halogens is 2. The van der Waals surface area contributed by atoms with Crippen LogP contribution in [0.25, 0.3) is 23.0 Å². The normalized spacial score (nSPS) is 17.6. The number of fused-ring (bicyclic) bond motifs is 2. The van der Waals surface area contributed by atoms with Crippen molar-refractivity contribution in [2.75, 3.05) is 58.4 Å². The number of anilines is 1. The Morgan fingerprint density at radius 3 is 2.35 bits per heavy atom. The maximum absolute atomic E-state index is 17.0. The lowest BCUT2D eigenvalue weighted by atomic mass is 9.83. The van der Waals surface area contributed by atoms with Crippen LogP contribution in [0.5, 0.6) is 0 Å². The Bertz CT molecular complexity index is 2060. The van der Waals surface area contributed by atoms with Crippen LogP contribution < -0.4 is 43.6 Å². The molecule has 2 aromatic carbocycles. The Morgan fingerprint density at radius 1 is 0.986 bits per heavy atom. The fraction of sp³-hybridized carbons (Fsp3) is 0.491. The smallest absolute Gasteiger partial charge is 0.131 e. The Labute approximate surface area is 416 Å². The summed E-state index contributed by atoms with van der Waals surface area (Å²) >= 11 is 0. The summed E-state index contributed by atoms with van der Waals surface area (Å²) in [6, 6.07) is 10.2. The number of hydrogen-bond donors (Lipinski definition) is 8. The molecule has 1 aliphatic carbocycles. The summed E-state index contributed by atoms with van der Waals surface area (Å²) in [4.78, 5) is 4.07. The number of hydrazine groups is 1. The van der Waals surface area contributed by atoms with Gasteiger partial charge in [-0.2, -0.15) is 0 Å². The monoisotopic (exact) mass is 954 g/mol. The minimum absolute atomic E-state index is 0.220. The van der Waals surface area contributed by atoms with Gasteiger partial charge in [0.05, 0.1) is 25.7 Å². The van der Waals surface area contributed by atoms with E-state index in [4.69, 9.17) is 16.2 Å². The summed E-state index contributed by atoms with van der Waals surface area (Å²) in [7, 11) is 1.62. The van der Waals surface area contributed by atoms with E-state index < -0.39 is 6.17 Å². The molecule has 10 nitrogen and oxygen atoms in total. The zero-order valence-electron chi connectivity index (χ0n) is 43.7. The van der Waals surface area contributed by atoms with E-state index in [1.165, 1.54) is 6.42 Å². The van der Waals surface area contributed by atoms with Crippen LogP contribution in [-0.2, 0) is 11.2 Å². The van der Waals surface area contributed by atoms with Crippen LogP contribution in [-0.4, -0.2) is 72.0 Å². The van der Waals surface area contributed by atoms with E-state index in [0.29, 0.717) is 56.3 Å². The minimum atomic E-state index is -0.999. The van der Waals surface area contributed by atoms with Crippen molar-refractivity contribution in [3.8, 4) is 0 Å². The predicted octanol–water partition coefficient (Wildman–Crippen LogP) is 11.4. The number of methoxy groups -OCH3 is 1. The van der Waals surface area contributed by atoms with Crippen molar-refractivity contribution in [2.24, 2.45) is 28.3 Å². The van der Waals surface area contributed by atoms with E-state index in [-0.39, 0.29) is 19.0 Å². The predicted molar refractivity (Wildman–Crippen MR) is 296 cm³/mol. The van der Waals surface area contributed by atoms with Crippen molar-refractivity contribution in [1.82, 2.24) is 26.8 Å². The summed E-state index contributed by atoms with van der Waals surface area (Å²) in [5.41, 5.74) is 27.8. The van der Waals surface area contributed by atoms with Gasteiger partial charge in [0.1, 0.15) is 12.0 Å². The number of nitrogens with one attached hydrogen (secondary N) is 6. The van der Waals surface area contributed by atoms with E-state index in [2.05, 4.69) is 121 Å². The molecule has 3 aliphatic rings. The highest BCUT2D eigenvalue weighted by molar-refractivity contribution is 5.96. The number of nitrogens with two attached hydrogens (primary N) is 2. The third-order valence-corrected chi connectivity index (χ3v) is 11.8. The molecule has 382 valence electrons. The fourth-order valence-electron chi connectivity index (χ4n) is 7.75. The summed E-state index contributed by atoms with van der Waals surface area (Å²) in [6.45, 7) is 28.7. The number of nitrogens with zero attached hydrogens (tertiary/aromatic N) is 1. The molecule has 2 aliphatic heterocycles. The maximum atomic E-state index is 17.0. The molecule has 2 aromatic rings. The Kier molecular flexibility index (Phi) is 30.5. The van der Waals surface area contributed by atoms with Crippen LogP contribution in [0.3, 0.4) is 0 Å². The van der Waals surface area contributed by atoms with Crippen LogP contribution in [0.15, 0.2) is 108 Å². The highest BCUT2D eigenvalue weighted by Gasteiger charge is 2.24. The van der Waals surface area contributed by atoms with Crippen molar-refractivity contribution in [1.29, 1.82) is 0 Å². The summed E-state index contributed by atoms with van der Waals surface area (Å²) in [6.07, 6.45) is 22.7. The first-order chi connectivity index (χ1) is 33.5. The molecule has 2 heterocycles. The van der Waals surface area contributed by atoms with E-state index >= 15 is 4.39 Å². The second-order valence-corrected chi connectivity index (χ2v) is 17.5. The number of benzene rings is 2. The molecule has 12 heteroatoms. The van der Waals surface area contributed by atoms with Gasteiger partial charge >= 0.3 is 0 Å². The average Bonchev–Trinajstić information content (AvgIpc) is 3.90. The first-order valence-corrected chi connectivity index (χ1v) is 25.4. The van der Waals surface area contributed by atoms with Crippen molar-refractivity contribution in [2.45, 2.75) is 119 Å². The molecule has 0 spiro atoms. The van der Waals surface area contributed by atoms with Gasteiger partial charge < -0.3 is 37.5 Å². The minimum Gasteiger partial charge on any atom is -0.504 e. The van der Waals surface area contributed by atoms with Gasteiger partial charge in [0.25, 0.3) is 0 Å². The number of aliphatic imine (C=N–C) groups is 1. The number of hydrogen-bond acceptors (Lipinski definition) is 10. The Balaban J connectivity index is 0.00000122. The molecular weight excluding hydrogens is 865 g/mol. The number of allylic oxidation sites excluding steroid dienone is 10. The lowest BCUT2D eigenvalue weighted by molar-refractivity contribution is 0.291. The second-order valence-electron chi connectivity index (χ2n) is 17.5. The highest BCUT2D eigenvalue weighted by Crippen LogP contribution is 2.40. The summed E-state index contributed by atoms with van der Waals surface area (Å²) in [5.74, 6) is 1.12. The van der Waals surface area contributed by atoms with Crippen molar-refractivity contribution < 1.29 is 13.5 Å². The van der Waals surface area contributed by atoms with E-state index in [9.17, 15) is 4.39 Å². The van der Waals surface area contributed by atoms with Crippen molar-refractivity contribution in [3.05, 3.63) is 136 Å². The van der Waals surface area contributed by atoms with Crippen molar-refractivity contribution in [3.63, 3.8) is 0 Å². The fourth-order valence-corrected chi connectivity index (χ4v) is 7.75. The topological polar surface area (TPSA) is 146 Å². The number of alkyl halides is 1. The van der Waals surface area contributed by atoms with Gasteiger partial charge in [0.2, 0.25) is 0 Å². The Hall–Kier alpha value is -5.11. The van der Waals surface area contributed by atoms with Crippen LogP contribution in [0.1, 0.15) is 128 Å². The first kappa shape index (κ1) is 60.0. The molecule has 10 N–H and O–H groups in total. The lowest BCUT2D eigenvalue weighted by Crippen LogP contribution is -2.36. The van der Waals surface area contributed by atoms with Crippen LogP contribution in [0, 0.1) is 17.7 Å². The van der Waals surface area contributed by atoms with Gasteiger partial charge in [-0.25, -0.2) is 8.78 Å². The molecule has 3 unspecified atom stereocenters. The third-order valence-electron chi connectivity index (χ3n) is 11.8. The van der Waals surface area contributed by atoms with E-state index in [0.717, 1.165) is 106 Å². The maximum Gasteiger partial charge on any atom is 0.131 e. The standard InChI is InChI=1S/C46H60F2N8O.C6H15N.C3H8.C2H6/c1-5-9-32(20-23-57-4)33-13-15-34(16-14-33)41-26-37-24-35(43(54-31-49)12-7-10-39(47)28-56-55-6-2)17-18-44(37)52-22-19-36-25-38(27-42(48)46(36)41)45(30-50-3)53-29-40-11-8-21-51-40;1-5(2)6(3)4-7;1-3-2;1-2/h5,9,12-13,15,17-18,20,23-27,30,39-40,51-56H,1,3,6-8,10-11,14,16,19,21-22,28-29,31,49H2,2,4H3;5-6H,4,7H2,1-3H3;3H2,1-2H3;1-2H3/b23-20-,32-9+,41-26+,43-12-,45-30-;;;. The molecule has 1 fully saturated rings.